The van der Waals surface area contributed by atoms with Crippen molar-refractivity contribution in [2.75, 3.05) is 59.6 Å². The monoisotopic (exact) mass is 559 g/mol. The second-order valence-electron chi connectivity index (χ2n) is 8.24. The van der Waals surface area contributed by atoms with Gasteiger partial charge in [-0.3, -0.25) is 4.99 Å². The average molecular weight is 559 g/mol. The second-order valence-corrected chi connectivity index (χ2v) is 8.24. The molecule has 1 aromatic carbocycles. The van der Waals surface area contributed by atoms with E-state index in [0.717, 1.165) is 51.6 Å². The van der Waals surface area contributed by atoms with Crippen LogP contribution in [0.15, 0.2) is 35.3 Å². The van der Waals surface area contributed by atoms with Gasteiger partial charge in [-0.15, -0.1) is 24.0 Å². The molecule has 2 saturated heterocycles. The Bertz CT molecular complexity index is 720. The highest BCUT2D eigenvalue weighted by Gasteiger charge is 2.35. The number of benzene rings is 1. The van der Waals surface area contributed by atoms with Crippen molar-refractivity contribution in [2.24, 2.45) is 4.99 Å². The van der Waals surface area contributed by atoms with Gasteiger partial charge in [0.2, 0.25) is 0 Å². The number of aliphatic imine (C=N–C) groups is 1. The van der Waals surface area contributed by atoms with E-state index in [2.05, 4.69) is 51.7 Å². The molecule has 2 aliphatic rings. The summed E-state index contributed by atoms with van der Waals surface area (Å²) in [5.74, 6) is 0.878. The third-order valence-corrected chi connectivity index (χ3v) is 6.17. The molecular weight excluding hydrogens is 521 g/mol. The molecule has 2 aliphatic heterocycles. The number of piperazine rings is 1. The molecule has 1 aromatic rings. The van der Waals surface area contributed by atoms with Crippen LogP contribution >= 0.6 is 24.0 Å². The molecular formula is C23H38IN5O3. The predicted molar refractivity (Wildman–Crippen MR) is 138 cm³/mol. The SMILES string of the molecule is CCOC(=O)N1CCN(C(=NC)NCC2(NC(C)c3ccccc3)CCOCC2)CC1.I. The van der Waals surface area contributed by atoms with E-state index in [1.165, 1.54) is 5.56 Å². The van der Waals surface area contributed by atoms with Gasteiger partial charge in [0.1, 0.15) is 0 Å². The molecule has 1 amide bonds. The van der Waals surface area contributed by atoms with Crippen LogP contribution in [0.5, 0.6) is 0 Å². The third-order valence-electron chi connectivity index (χ3n) is 6.17. The molecule has 9 heteroatoms. The van der Waals surface area contributed by atoms with Gasteiger partial charge in [0.15, 0.2) is 5.96 Å². The molecule has 8 nitrogen and oxygen atoms in total. The summed E-state index contributed by atoms with van der Waals surface area (Å²) in [5, 5.41) is 7.48. The Morgan fingerprint density at radius 3 is 2.38 bits per heavy atom. The zero-order valence-electron chi connectivity index (χ0n) is 19.5. The summed E-state index contributed by atoms with van der Waals surface area (Å²) < 4.78 is 10.8. The van der Waals surface area contributed by atoms with E-state index < -0.39 is 0 Å². The summed E-state index contributed by atoms with van der Waals surface area (Å²) in [6.45, 7) is 9.50. The molecule has 1 atom stereocenters. The number of ether oxygens (including phenoxy) is 2. The number of carbonyl (C=O) groups is 1. The van der Waals surface area contributed by atoms with Crippen LogP contribution in [0.1, 0.15) is 38.3 Å². The fourth-order valence-corrected chi connectivity index (χ4v) is 4.31. The predicted octanol–water partition coefficient (Wildman–Crippen LogP) is 2.85. The van der Waals surface area contributed by atoms with Crippen LogP contribution in [0.25, 0.3) is 0 Å². The first-order valence-corrected chi connectivity index (χ1v) is 11.3. The van der Waals surface area contributed by atoms with Gasteiger partial charge in [-0.1, -0.05) is 30.3 Å². The Balaban J connectivity index is 0.00000363. The first-order chi connectivity index (χ1) is 15.1. The number of carbonyl (C=O) groups excluding carboxylic acids is 1. The molecule has 2 N–H and O–H groups in total. The summed E-state index contributed by atoms with van der Waals surface area (Å²) in [7, 11) is 1.82. The molecule has 0 bridgehead atoms. The van der Waals surface area contributed by atoms with E-state index in [0.29, 0.717) is 19.7 Å². The van der Waals surface area contributed by atoms with Crippen molar-refractivity contribution >= 4 is 36.0 Å². The van der Waals surface area contributed by atoms with Gasteiger partial charge in [-0.25, -0.2) is 4.79 Å². The van der Waals surface area contributed by atoms with Gasteiger partial charge in [-0.2, -0.15) is 0 Å². The minimum absolute atomic E-state index is 0. The van der Waals surface area contributed by atoms with Crippen molar-refractivity contribution < 1.29 is 14.3 Å². The Morgan fingerprint density at radius 1 is 1.16 bits per heavy atom. The summed E-state index contributed by atoms with van der Waals surface area (Å²) in [6, 6.07) is 10.8. The standard InChI is InChI=1S/C23H37N5O3.HI/c1-4-31-22(29)28-14-12-27(13-15-28)21(24-3)25-18-23(10-16-30-17-11-23)26-19(2)20-8-6-5-7-9-20;/h5-9,19,26H,4,10-18H2,1-3H3,(H,24,25);1H. The second kappa shape index (κ2) is 13.2. The first-order valence-electron chi connectivity index (χ1n) is 11.3. The molecule has 0 aliphatic carbocycles. The minimum Gasteiger partial charge on any atom is -0.450 e. The van der Waals surface area contributed by atoms with Crippen LogP contribution in [0.3, 0.4) is 0 Å². The van der Waals surface area contributed by atoms with E-state index in [4.69, 9.17) is 9.47 Å². The Kier molecular flexibility index (Phi) is 11.0. The number of rotatable bonds is 6. The van der Waals surface area contributed by atoms with Gasteiger partial charge in [0, 0.05) is 64.6 Å². The molecule has 1 unspecified atom stereocenters. The van der Waals surface area contributed by atoms with Crippen LogP contribution in [-0.2, 0) is 9.47 Å². The highest BCUT2D eigenvalue weighted by Crippen LogP contribution is 2.25. The number of hydrogen-bond acceptors (Lipinski definition) is 5. The Hall–Kier alpha value is -1.59. The van der Waals surface area contributed by atoms with Gasteiger partial charge in [0.25, 0.3) is 0 Å². The normalized spacial score (nSPS) is 19.7. The summed E-state index contributed by atoms with van der Waals surface area (Å²) in [5.41, 5.74) is 1.23. The number of nitrogens with zero attached hydrogens (tertiary/aromatic N) is 3. The topological polar surface area (TPSA) is 78.4 Å². The largest absolute Gasteiger partial charge is 0.450 e. The van der Waals surface area contributed by atoms with Crippen molar-refractivity contribution in [3.8, 4) is 0 Å². The molecule has 0 radical (unpaired) electrons. The maximum Gasteiger partial charge on any atom is 0.409 e. The lowest BCUT2D eigenvalue weighted by Crippen LogP contribution is -2.60. The van der Waals surface area contributed by atoms with Gasteiger partial charge in [0.05, 0.1) is 6.61 Å². The van der Waals surface area contributed by atoms with Crippen molar-refractivity contribution in [3.05, 3.63) is 35.9 Å². The summed E-state index contributed by atoms with van der Waals surface area (Å²) >= 11 is 0. The zero-order valence-corrected chi connectivity index (χ0v) is 21.8. The summed E-state index contributed by atoms with van der Waals surface area (Å²) in [6.07, 6.45) is 1.67. The van der Waals surface area contributed by atoms with E-state index in [1.54, 1.807) is 4.90 Å². The van der Waals surface area contributed by atoms with Crippen molar-refractivity contribution in [2.45, 2.75) is 38.3 Å². The van der Waals surface area contributed by atoms with E-state index >= 15 is 0 Å². The Morgan fingerprint density at radius 2 is 1.78 bits per heavy atom. The lowest BCUT2D eigenvalue weighted by Gasteiger charge is -2.42. The van der Waals surface area contributed by atoms with Crippen molar-refractivity contribution in [3.63, 3.8) is 0 Å². The van der Waals surface area contributed by atoms with Crippen LogP contribution < -0.4 is 10.6 Å². The molecule has 0 spiro atoms. The fourth-order valence-electron chi connectivity index (χ4n) is 4.31. The summed E-state index contributed by atoms with van der Waals surface area (Å²) in [4.78, 5) is 20.4. The van der Waals surface area contributed by atoms with Gasteiger partial charge >= 0.3 is 6.09 Å². The smallest absolute Gasteiger partial charge is 0.409 e. The highest BCUT2D eigenvalue weighted by atomic mass is 127. The average Bonchev–Trinajstić information content (AvgIpc) is 2.81. The maximum atomic E-state index is 12.0. The molecule has 2 fully saturated rings. The Labute approximate surface area is 209 Å². The molecule has 0 saturated carbocycles. The van der Waals surface area contributed by atoms with Gasteiger partial charge in [-0.05, 0) is 32.3 Å². The molecule has 0 aromatic heterocycles. The van der Waals surface area contributed by atoms with E-state index in [-0.39, 0.29) is 41.7 Å². The van der Waals surface area contributed by atoms with Crippen LogP contribution in [0, 0.1) is 0 Å². The maximum absolute atomic E-state index is 12.0. The van der Waals surface area contributed by atoms with Gasteiger partial charge < -0.3 is 29.9 Å². The van der Waals surface area contributed by atoms with Crippen LogP contribution in [0.4, 0.5) is 4.79 Å². The van der Waals surface area contributed by atoms with Crippen molar-refractivity contribution in [1.82, 2.24) is 20.4 Å². The minimum atomic E-state index is -0.231. The van der Waals surface area contributed by atoms with E-state index in [1.807, 2.05) is 20.0 Å². The quantitative estimate of drug-likeness (QED) is 0.317. The third kappa shape index (κ3) is 7.21. The van der Waals surface area contributed by atoms with Crippen LogP contribution in [0.2, 0.25) is 0 Å². The molecule has 2 heterocycles. The number of hydrogen-bond donors (Lipinski definition) is 2. The number of amides is 1. The number of guanidine groups is 1. The molecule has 32 heavy (non-hydrogen) atoms. The zero-order chi connectivity index (χ0) is 22.1. The lowest BCUT2D eigenvalue weighted by atomic mass is 9.88. The molecule has 180 valence electrons. The fraction of sp³-hybridized carbons (Fsp3) is 0.652. The van der Waals surface area contributed by atoms with Crippen molar-refractivity contribution in [1.29, 1.82) is 0 Å². The van der Waals surface area contributed by atoms with Crippen LogP contribution in [-0.4, -0.2) is 87.0 Å². The highest BCUT2D eigenvalue weighted by molar-refractivity contribution is 14.0. The number of halogens is 1. The van der Waals surface area contributed by atoms with E-state index in [9.17, 15) is 4.79 Å². The lowest BCUT2D eigenvalue weighted by molar-refractivity contribution is 0.0351. The first kappa shape index (κ1) is 26.7. The number of nitrogens with one attached hydrogen (secondary N) is 2. The molecule has 3 rings (SSSR count).